The number of aromatic nitrogens is 1. The highest BCUT2D eigenvalue weighted by Gasteiger charge is 2.23. The standard InChI is InChI=1S/C16H26ClN3/c1-3-5-13-6-8-20(12-13)16-9-14(10-18-7-4-2)15(17)11-19-16/h9,11,13,18H,3-8,10,12H2,1-2H3. The quantitative estimate of drug-likeness (QED) is 0.774. The lowest BCUT2D eigenvalue weighted by molar-refractivity contribution is 0.529. The lowest BCUT2D eigenvalue weighted by atomic mass is 10.0. The number of pyridine rings is 1. The predicted molar refractivity (Wildman–Crippen MR) is 86.5 cm³/mol. The van der Waals surface area contributed by atoms with Crippen LogP contribution in [0.5, 0.6) is 0 Å². The van der Waals surface area contributed by atoms with Gasteiger partial charge >= 0.3 is 0 Å². The van der Waals surface area contributed by atoms with Gasteiger partial charge < -0.3 is 10.2 Å². The monoisotopic (exact) mass is 295 g/mol. The van der Waals surface area contributed by atoms with E-state index in [9.17, 15) is 0 Å². The van der Waals surface area contributed by atoms with Gasteiger partial charge in [-0.2, -0.15) is 0 Å². The SMILES string of the molecule is CCCNCc1cc(N2CCC(CCC)C2)ncc1Cl. The summed E-state index contributed by atoms with van der Waals surface area (Å²) in [6.45, 7) is 8.56. The van der Waals surface area contributed by atoms with Crippen LogP contribution in [-0.2, 0) is 6.54 Å². The highest BCUT2D eigenvalue weighted by atomic mass is 35.5. The van der Waals surface area contributed by atoms with Crippen LogP contribution in [0.15, 0.2) is 12.3 Å². The zero-order chi connectivity index (χ0) is 14.4. The van der Waals surface area contributed by atoms with E-state index in [2.05, 4.69) is 35.1 Å². The molecule has 1 aromatic heterocycles. The van der Waals surface area contributed by atoms with Crippen molar-refractivity contribution in [3.63, 3.8) is 0 Å². The van der Waals surface area contributed by atoms with Crippen LogP contribution in [0.2, 0.25) is 5.02 Å². The molecule has 1 saturated heterocycles. The van der Waals surface area contributed by atoms with Gasteiger partial charge in [0, 0.05) is 25.8 Å². The fourth-order valence-corrected chi connectivity index (χ4v) is 3.03. The Hall–Kier alpha value is -0.800. The third kappa shape index (κ3) is 4.10. The maximum Gasteiger partial charge on any atom is 0.128 e. The average molecular weight is 296 g/mol. The van der Waals surface area contributed by atoms with E-state index in [0.29, 0.717) is 0 Å². The first-order chi connectivity index (χ1) is 9.74. The molecule has 4 heteroatoms. The van der Waals surface area contributed by atoms with Gasteiger partial charge in [-0.15, -0.1) is 0 Å². The van der Waals surface area contributed by atoms with E-state index in [-0.39, 0.29) is 0 Å². The molecule has 1 aliphatic rings. The Morgan fingerprint density at radius 2 is 2.25 bits per heavy atom. The first kappa shape index (κ1) is 15.6. The van der Waals surface area contributed by atoms with Crippen LogP contribution < -0.4 is 10.2 Å². The van der Waals surface area contributed by atoms with Gasteiger partial charge in [0.15, 0.2) is 0 Å². The van der Waals surface area contributed by atoms with Crippen molar-refractivity contribution in [1.82, 2.24) is 10.3 Å². The Kier molecular flexibility index (Phi) is 6.11. The Labute approximate surface area is 127 Å². The number of nitrogens with zero attached hydrogens (tertiary/aromatic N) is 2. The molecule has 0 amide bonds. The van der Waals surface area contributed by atoms with Crippen molar-refractivity contribution in [2.24, 2.45) is 5.92 Å². The zero-order valence-electron chi connectivity index (χ0n) is 12.7. The fraction of sp³-hybridized carbons (Fsp3) is 0.688. The van der Waals surface area contributed by atoms with Crippen molar-refractivity contribution in [1.29, 1.82) is 0 Å². The van der Waals surface area contributed by atoms with Crippen molar-refractivity contribution < 1.29 is 0 Å². The average Bonchev–Trinajstić information content (AvgIpc) is 2.90. The van der Waals surface area contributed by atoms with Gasteiger partial charge in [0.2, 0.25) is 0 Å². The number of nitrogens with one attached hydrogen (secondary N) is 1. The van der Waals surface area contributed by atoms with Gasteiger partial charge in [-0.25, -0.2) is 4.98 Å². The smallest absolute Gasteiger partial charge is 0.128 e. The molecule has 3 nitrogen and oxygen atoms in total. The number of halogens is 1. The second kappa shape index (κ2) is 7.84. The molecule has 1 N–H and O–H groups in total. The van der Waals surface area contributed by atoms with E-state index < -0.39 is 0 Å². The van der Waals surface area contributed by atoms with Crippen LogP contribution in [0.4, 0.5) is 5.82 Å². The van der Waals surface area contributed by atoms with E-state index in [4.69, 9.17) is 11.6 Å². The number of anilines is 1. The second-order valence-corrected chi connectivity index (χ2v) is 6.11. The summed E-state index contributed by atoms with van der Waals surface area (Å²) < 4.78 is 0. The van der Waals surface area contributed by atoms with Gasteiger partial charge in [-0.3, -0.25) is 0 Å². The summed E-state index contributed by atoms with van der Waals surface area (Å²) in [5.74, 6) is 1.92. The van der Waals surface area contributed by atoms with Gasteiger partial charge in [-0.1, -0.05) is 31.9 Å². The molecule has 0 aliphatic carbocycles. The summed E-state index contributed by atoms with van der Waals surface area (Å²) in [6.07, 6.45) is 6.84. The van der Waals surface area contributed by atoms with Gasteiger partial charge in [0.25, 0.3) is 0 Å². The zero-order valence-corrected chi connectivity index (χ0v) is 13.4. The van der Waals surface area contributed by atoms with Crippen LogP contribution in [0.1, 0.15) is 45.1 Å². The summed E-state index contributed by atoms with van der Waals surface area (Å²) in [6, 6.07) is 2.15. The van der Waals surface area contributed by atoms with Gasteiger partial charge in [0.05, 0.1) is 5.02 Å². The van der Waals surface area contributed by atoms with Crippen LogP contribution in [-0.4, -0.2) is 24.6 Å². The molecule has 1 fully saturated rings. The molecule has 1 unspecified atom stereocenters. The molecule has 0 spiro atoms. The summed E-state index contributed by atoms with van der Waals surface area (Å²) in [5.41, 5.74) is 1.16. The molecular formula is C16H26ClN3. The molecular weight excluding hydrogens is 270 g/mol. The van der Waals surface area contributed by atoms with Gasteiger partial charge in [0.1, 0.15) is 5.82 Å². The highest BCUT2D eigenvalue weighted by Crippen LogP contribution is 2.27. The van der Waals surface area contributed by atoms with E-state index in [1.54, 1.807) is 6.20 Å². The molecule has 112 valence electrons. The molecule has 0 aromatic carbocycles. The van der Waals surface area contributed by atoms with Crippen molar-refractivity contribution in [2.75, 3.05) is 24.5 Å². The maximum atomic E-state index is 6.24. The second-order valence-electron chi connectivity index (χ2n) is 5.70. The molecule has 0 bridgehead atoms. The summed E-state index contributed by atoms with van der Waals surface area (Å²) >= 11 is 6.24. The fourth-order valence-electron chi connectivity index (χ4n) is 2.86. The first-order valence-corrected chi connectivity index (χ1v) is 8.22. The Bertz CT molecular complexity index is 422. The summed E-state index contributed by atoms with van der Waals surface area (Å²) in [7, 11) is 0. The first-order valence-electron chi connectivity index (χ1n) is 7.84. The Morgan fingerprint density at radius 1 is 1.40 bits per heavy atom. The van der Waals surface area contributed by atoms with Crippen LogP contribution in [0.25, 0.3) is 0 Å². The van der Waals surface area contributed by atoms with E-state index in [0.717, 1.165) is 54.9 Å². The van der Waals surface area contributed by atoms with Gasteiger partial charge in [-0.05, 0) is 43.4 Å². The molecule has 0 saturated carbocycles. The molecule has 1 atom stereocenters. The molecule has 2 heterocycles. The maximum absolute atomic E-state index is 6.24. The van der Waals surface area contributed by atoms with Crippen LogP contribution >= 0.6 is 11.6 Å². The van der Waals surface area contributed by atoms with E-state index in [1.807, 2.05) is 0 Å². The van der Waals surface area contributed by atoms with Crippen LogP contribution in [0, 0.1) is 5.92 Å². The topological polar surface area (TPSA) is 28.2 Å². The number of rotatable bonds is 7. The normalized spacial score (nSPS) is 18.8. The molecule has 1 aliphatic heterocycles. The van der Waals surface area contributed by atoms with E-state index >= 15 is 0 Å². The molecule has 2 rings (SSSR count). The third-order valence-corrected chi connectivity index (χ3v) is 4.31. The lowest BCUT2D eigenvalue weighted by Gasteiger charge is -2.19. The van der Waals surface area contributed by atoms with Crippen molar-refractivity contribution in [3.8, 4) is 0 Å². The van der Waals surface area contributed by atoms with Crippen LogP contribution in [0.3, 0.4) is 0 Å². The van der Waals surface area contributed by atoms with Crippen molar-refractivity contribution in [2.45, 2.75) is 46.1 Å². The van der Waals surface area contributed by atoms with Crippen molar-refractivity contribution >= 4 is 17.4 Å². The molecule has 1 aromatic rings. The minimum absolute atomic E-state index is 0.765. The number of hydrogen-bond acceptors (Lipinski definition) is 3. The summed E-state index contributed by atoms with van der Waals surface area (Å²) in [4.78, 5) is 6.91. The number of hydrogen-bond donors (Lipinski definition) is 1. The molecule has 20 heavy (non-hydrogen) atoms. The summed E-state index contributed by atoms with van der Waals surface area (Å²) in [5, 5.41) is 4.17. The Balaban J connectivity index is 2.00. The third-order valence-electron chi connectivity index (χ3n) is 3.97. The minimum Gasteiger partial charge on any atom is -0.356 e. The molecule has 0 radical (unpaired) electrons. The van der Waals surface area contributed by atoms with Crippen molar-refractivity contribution in [3.05, 3.63) is 22.8 Å². The minimum atomic E-state index is 0.765. The van der Waals surface area contributed by atoms with E-state index in [1.165, 1.54) is 19.3 Å². The largest absolute Gasteiger partial charge is 0.356 e. The lowest BCUT2D eigenvalue weighted by Crippen LogP contribution is -2.21. The Morgan fingerprint density at radius 3 is 3.00 bits per heavy atom. The highest BCUT2D eigenvalue weighted by molar-refractivity contribution is 6.31. The predicted octanol–water partition coefficient (Wildman–Crippen LogP) is 3.86.